The van der Waals surface area contributed by atoms with Crippen molar-refractivity contribution in [2.45, 2.75) is 71.1 Å². The SMILES string of the molecule is [2H]C([2H])([2H])C([2H])([2H])C([2H])([2H])C([2H])([2H])C([2H])([2H])C([2H])([2H])C([2H])([2H])C([2H])([2H])C([2H])([2H])C([2H])([2H])C([2H])([2H])[2H]. The smallest absolute Gasteiger partial charge is 0.0267 e. The van der Waals surface area contributed by atoms with Crippen LogP contribution in [0, 0.1) is 0 Å². The lowest BCUT2D eigenvalue weighted by Crippen LogP contribution is -1.79. The normalized spacial score (nSPS) is 56.7. The fourth-order valence-electron chi connectivity index (χ4n) is 0.219. The molecule has 0 fully saturated rings. The van der Waals surface area contributed by atoms with Crippen molar-refractivity contribution in [1.82, 2.24) is 0 Å². The highest BCUT2D eigenvalue weighted by molar-refractivity contribution is 4.44. The van der Waals surface area contributed by atoms with Gasteiger partial charge in [-0.15, -0.1) is 0 Å². The second-order valence-electron chi connectivity index (χ2n) is 1.12. The molecule has 68 valence electrons. The highest BCUT2D eigenvalue weighted by Crippen LogP contribution is 2.08. The van der Waals surface area contributed by atoms with Crippen molar-refractivity contribution in [3.8, 4) is 0 Å². The predicted octanol–water partition coefficient (Wildman–Crippen LogP) is 4.54. The zero-order chi connectivity index (χ0) is 29.5. The van der Waals surface area contributed by atoms with Gasteiger partial charge in [-0.25, -0.2) is 0 Å². The Morgan fingerprint density at radius 1 is 0.727 bits per heavy atom. The van der Waals surface area contributed by atoms with E-state index in [-0.39, 0.29) is 0 Å². The third-order valence-electron chi connectivity index (χ3n) is 0.500. The van der Waals surface area contributed by atoms with Crippen LogP contribution < -0.4 is 0 Å². The molecule has 0 saturated heterocycles. The summed E-state index contributed by atoms with van der Waals surface area (Å²) in [6.07, 6.45) is -40.6. The van der Waals surface area contributed by atoms with Crippen molar-refractivity contribution in [2.75, 3.05) is 0 Å². The summed E-state index contributed by atoms with van der Waals surface area (Å²) in [4.78, 5) is 0. The van der Waals surface area contributed by atoms with Gasteiger partial charge in [0.25, 0.3) is 0 Å². The molecule has 0 heterocycles. The van der Waals surface area contributed by atoms with Gasteiger partial charge in [0.05, 0.1) is 0 Å². The van der Waals surface area contributed by atoms with Crippen LogP contribution in [0.5, 0.6) is 0 Å². The fraction of sp³-hybridized carbons (Fsp3) is 1.00. The van der Waals surface area contributed by atoms with Crippen LogP contribution in [-0.4, -0.2) is 0 Å². The molecule has 0 N–H and O–H groups in total. The van der Waals surface area contributed by atoms with Crippen LogP contribution in [0.1, 0.15) is 104 Å². The minimum absolute atomic E-state index is 3.95. The van der Waals surface area contributed by atoms with Crippen LogP contribution in [-0.2, 0) is 0 Å². The van der Waals surface area contributed by atoms with Crippen LogP contribution in [0.4, 0.5) is 0 Å². The zero-order valence-electron chi connectivity index (χ0n) is 29.5. The molecule has 0 aliphatic rings. The molecule has 0 rings (SSSR count). The lowest BCUT2D eigenvalue weighted by Gasteiger charge is -1.98. The summed E-state index contributed by atoms with van der Waals surface area (Å²) in [5.74, 6) is 0. The van der Waals surface area contributed by atoms with Gasteiger partial charge in [-0.3, -0.25) is 0 Å². The summed E-state index contributed by atoms with van der Waals surface area (Å²) in [7, 11) is 0. The maximum atomic E-state index is 7.90. The third kappa shape index (κ3) is 10.0. The molecular formula is C11H24. The first-order valence-electron chi connectivity index (χ1n) is 14.5. The predicted molar refractivity (Wildman–Crippen MR) is 52.9 cm³/mol. The van der Waals surface area contributed by atoms with E-state index in [1.54, 1.807) is 0 Å². The molecule has 0 radical (unpaired) electrons. The van der Waals surface area contributed by atoms with Crippen LogP contribution in [0.15, 0.2) is 0 Å². The Morgan fingerprint density at radius 2 is 1.09 bits per heavy atom. The van der Waals surface area contributed by atoms with Crippen LogP contribution in [0.3, 0.4) is 0 Å². The third-order valence-corrected chi connectivity index (χ3v) is 0.500. The van der Waals surface area contributed by atoms with E-state index in [9.17, 15) is 0 Å². The molecule has 0 aliphatic carbocycles. The van der Waals surface area contributed by atoms with Gasteiger partial charge < -0.3 is 0 Å². The van der Waals surface area contributed by atoms with Gasteiger partial charge in [-0.1, -0.05) is 71.1 Å². The lowest BCUT2D eigenvalue weighted by molar-refractivity contribution is 0.572. The van der Waals surface area contributed by atoms with Crippen molar-refractivity contribution >= 4 is 0 Å². The number of hydrogen-bond acceptors (Lipinski definition) is 0. The molecule has 0 atom stereocenters. The quantitative estimate of drug-likeness (QED) is 0.514. The largest absolute Gasteiger partial charge is 0.0654 e. The minimum atomic E-state index is -4.71. The molecule has 0 heteroatoms. The van der Waals surface area contributed by atoms with Gasteiger partial charge >= 0.3 is 0 Å². The van der Waals surface area contributed by atoms with Gasteiger partial charge in [-0.2, -0.15) is 0 Å². The van der Waals surface area contributed by atoms with E-state index in [4.69, 9.17) is 32.9 Å². The Balaban J connectivity index is 7.15. The second kappa shape index (κ2) is 10.0. The van der Waals surface area contributed by atoms with E-state index in [1.165, 1.54) is 0 Å². The van der Waals surface area contributed by atoms with Gasteiger partial charge in [0.2, 0.25) is 0 Å². The Labute approximate surface area is 106 Å². The molecule has 0 nitrogen and oxygen atoms in total. The minimum Gasteiger partial charge on any atom is -0.0654 e. The summed E-state index contributed by atoms with van der Waals surface area (Å²) in [5.41, 5.74) is 0. The van der Waals surface area contributed by atoms with Crippen LogP contribution in [0.25, 0.3) is 0 Å². The molecule has 0 aliphatic heterocycles. The molecule has 0 amide bonds. The summed E-state index contributed by atoms with van der Waals surface area (Å²) < 4.78 is 182. The van der Waals surface area contributed by atoms with Crippen molar-refractivity contribution < 1.29 is 32.9 Å². The molecular weight excluding hydrogens is 132 g/mol. The maximum absolute atomic E-state index is 7.90. The molecule has 0 aromatic carbocycles. The standard InChI is InChI=1S/C11H24/c1-3-5-7-9-11-10-8-6-4-2/h3-11H2,1-2H3/i1D3,2D3,3D2,4D2,5D2,6D2,7D2,8D2,9D2,10D2,11D2. The van der Waals surface area contributed by atoms with E-state index >= 15 is 0 Å². The average molecular weight is 180 g/mol. The Morgan fingerprint density at radius 3 is 1.45 bits per heavy atom. The second-order valence-corrected chi connectivity index (χ2v) is 1.12. The Kier molecular flexibility index (Phi) is 0.865. The molecule has 0 aromatic heterocycles. The van der Waals surface area contributed by atoms with Gasteiger partial charge in [0.15, 0.2) is 0 Å². The van der Waals surface area contributed by atoms with E-state index in [0.29, 0.717) is 0 Å². The number of hydrogen-bond donors (Lipinski definition) is 0. The maximum Gasteiger partial charge on any atom is 0.0267 e. The summed E-state index contributed by atoms with van der Waals surface area (Å²) in [6, 6.07) is 0. The highest BCUT2D eigenvalue weighted by Gasteiger charge is 1.88. The monoisotopic (exact) mass is 180 g/mol. The van der Waals surface area contributed by atoms with E-state index in [0.717, 1.165) is 0 Å². The van der Waals surface area contributed by atoms with E-state index in [2.05, 4.69) is 0 Å². The summed E-state index contributed by atoms with van der Waals surface area (Å²) in [6.45, 7) is -7.90. The van der Waals surface area contributed by atoms with E-state index < -0.39 is 71.1 Å². The van der Waals surface area contributed by atoms with Gasteiger partial charge in [0.1, 0.15) is 0 Å². The lowest BCUT2D eigenvalue weighted by atomic mass is 10.1. The summed E-state index contributed by atoms with van der Waals surface area (Å²) in [5, 5.41) is 0. The fourth-order valence-corrected chi connectivity index (χ4v) is 0.219. The average Bonchev–Trinajstić information content (AvgIpc) is 2.58. The molecule has 0 aromatic rings. The topological polar surface area (TPSA) is 0 Å². The van der Waals surface area contributed by atoms with E-state index in [1.807, 2.05) is 0 Å². The molecule has 0 unspecified atom stereocenters. The van der Waals surface area contributed by atoms with Crippen LogP contribution in [0.2, 0.25) is 0 Å². The Hall–Kier alpha value is 0. The van der Waals surface area contributed by atoms with Crippen LogP contribution >= 0.6 is 0 Å². The first-order valence-corrected chi connectivity index (χ1v) is 2.50. The van der Waals surface area contributed by atoms with Crippen molar-refractivity contribution in [2.24, 2.45) is 0 Å². The van der Waals surface area contributed by atoms with Crippen molar-refractivity contribution in [3.63, 3.8) is 0 Å². The summed E-state index contributed by atoms with van der Waals surface area (Å²) >= 11 is 0. The molecule has 0 spiro atoms. The first kappa shape index (κ1) is 0.952. The molecule has 11 heavy (non-hydrogen) atoms. The highest BCUT2D eigenvalue weighted by atomic mass is 13.9. The van der Waals surface area contributed by atoms with Gasteiger partial charge in [0, 0.05) is 32.9 Å². The van der Waals surface area contributed by atoms with Crippen molar-refractivity contribution in [1.29, 1.82) is 0 Å². The zero-order valence-corrected chi connectivity index (χ0v) is 5.50. The van der Waals surface area contributed by atoms with Gasteiger partial charge in [-0.05, 0) is 0 Å². The molecule has 0 bridgehead atoms. The first-order chi connectivity index (χ1) is 14.5. The van der Waals surface area contributed by atoms with Crippen molar-refractivity contribution in [3.05, 3.63) is 0 Å². The Bertz CT molecular complexity index is 710. The number of rotatable bonds is 8. The molecule has 0 saturated carbocycles.